The molecule has 2 aromatic carbocycles. The lowest BCUT2D eigenvalue weighted by atomic mass is 9.75. The summed E-state index contributed by atoms with van der Waals surface area (Å²) in [4.78, 5) is 22.4. The van der Waals surface area contributed by atoms with Crippen LogP contribution in [0.1, 0.15) is 30.4 Å². The first-order valence-electron chi connectivity index (χ1n) is 11.4. The Balaban J connectivity index is 1.35. The minimum Gasteiger partial charge on any atom is -0.425 e. The minimum atomic E-state index is -0.823. The Hall–Kier alpha value is -4.03. The Morgan fingerprint density at radius 3 is 2.59 bits per heavy atom. The SMILES string of the molecule is Cc1ccc(Oc2nc3nc(-c4ccc(C5(O)CCC5)cc4)c(F)cc3n2SF)cc1-c1noc(=O)[nH]1. The zero-order valence-electron chi connectivity index (χ0n) is 19.4. The molecule has 2 N–H and O–H groups in total. The molecule has 3 aromatic heterocycles. The number of aromatic amines is 1. The molecule has 0 unspecified atom stereocenters. The van der Waals surface area contributed by atoms with Crippen molar-refractivity contribution >= 4 is 23.5 Å². The predicted molar refractivity (Wildman–Crippen MR) is 132 cm³/mol. The van der Waals surface area contributed by atoms with E-state index in [4.69, 9.17) is 4.74 Å². The molecule has 0 aliphatic heterocycles. The quantitative estimate of drug-likeness (QED) is 0.302. The first kappa shape index (κ1) is 23.4. The summed E-state index contributed by atoms with van der Waals surface area (Å²) in [6.07, 6.45) is 2.37. The van der Waals surface area contributed by atoms with E-state index in [1.165, 1.54) is 0 Å². The number of nitrogens with one attached hydrogen (secondary N) is 1. The molecule has 0 spiro atoms. The van der Waals surface area contributed by atoms with E-state index in [1.54, 1.807) is 42.5 Å². The molecule has 1 saturated carbocycles. The lowest BCUT2D eigenvalue weighted by Gasteiger charge is -2.37. The number of fused-ring (bicyclic) bond motifs is 1. The zero-order valence-corrected chi connectivity index (χ0v) is 20.2. The fourth-order valence-electron chi connectivity index (χ4n) is 4.38. The van der Waals surface area contributed by atoms with Crippen molar-refractivity contribution in [3.8, 4) is 34.4 Å². The molecule has 1 aliphatic rings. The topological polar surface area (TPSA) is 119 Å². The molecule has 0 saturated heterocycles. The van der Waals surface area contributed by atoms with E-state index >= 15 is 4.39 Å². The number of aryl methyl sites for hydroxylation is 1. The normalized spacial score (nSPS) is 14.6. The van der Waals surface area contributed by atoms with Gasteiger partial charge in [0.05, 0.1) is 5.60 Å². The van der Waals surface area contributed by atoms with E-state index in [0.717, 1.165) is 27.6 Å². The van der Waals surface area contributed by atoms with Gasteiger partial charge in [-0.05, 0) is 49.4 Å². The largest absolute Gasteiger partial charge is 0.439 e. The highest BCUT2D eigenvalue weighted by atomic mass is 32.2. The molecule has 1 aliphatic carbocycles. The van der Waals surface area contributed by atoms with Crippen molar-refractivity contribution < 1.29 is 22.6 Å². The number of benzene rings is 2. The van der Waals surface area contributed by atoms with E-state index in [-0.39, 0.29) is 46.8 Å². The van der Waals surface area contributed by atoms with Crippen LogP contribution in [0.4, 0.5) is 8.28 Å². The van der Waals surface area contributed by atoms with Crippen LogP contribution in [-0.2, 0) is 5.60 Å². The fraction of sp³-hybridized carbons (Fsp3) is 0.200. The molecule has 3 heterocycles. The van der Waals surface area contributed by atoms with Crippen LogP contribution < -0.4 is 10.5 Å². The fourth-order valence-corrected chi connectivity index (χ4v) is 4.73. The van der Waals surface area contributed by atoms with E-state index in [2.05, 4.69) is 24.6 Å². The third-order valence-electron chi connectivity index (χ3n) is 6.59. The summed E-state index contributed by atoms with van der Waals surface area (Å²) in [7, 11) is 0. The molecule has 5 aromatic rings. The van der Waals surface area contributed by atoms with Crippen LogP contribution in [0.25, 0.3) is 33.8 Å². The number of hydrogen-bond acceptors (Lipinski definition) is 8. The molecule has 9 nitrogen and oxygen atoms in total. The number of hydrogen-bond donors (Lipinski definition) is 2. The van der Waals surface area contributed by atoms with Gasteiger partial charge in [-0.15, -0.1) is 3.89 Å². The number of aromatic nitrogens is 5. The summed E-state index contributed by atoms with van der Waals surface area (Å²) in [5.41, 5.74) is 2.02. The number of ether oxygens (including phenoxy) is 1. The number of rotatable bonds is 6. The van der Waals surface area contributed by atoms with Gasteiger partial charge in [0.2, 0.25) is 0 Å². The lowest BCUT2D eigenvalue weighted by Crippen LogP contribution is -2.33. The molecule has 0 bridgehead atoms. The maximum atomic E-state index is 15.1. The van der Waals surface area contributed by atoms with Crippen molar-refractivity contribution in [2.45, 2.75) is 31.8 Å². The molecule has 0 atom stereocenters. The van der Waals surface area contributed by atoms with E-state index < -0.39 is 17.2 Å². The smallest absolute Gasteiger partial charge is 0.425 e. The standard InChI is InChI=1S/C25H19F2N5O4S/c1-13-3-8-16(11-17(13)21-30-24(33)36-31-21)35-23-29-22-19(32(23)37-27)12-18(26)20(28-22)14-4-6-15(7-5-14)25(34)9-2-10-25/h3-8,11-12,34H,2,9-10H2,1H3,(H,30,31,33). The maximum absolute atomic E-state index is 15.1. The van der Waals surface area contributed by atoms with E-state index in [1.807, 2.05) is 6.92 Å². The molecule has 12 heteroatoms. The predicted octanol–water partition coefficient (Wildman–Crippen LogP) is 5.43. The first-order valence-corrected chi connectivity index (χ1v) is 12.1. The number of aliphatic hydroxyl groups is 1. The second-order valence-electron chi connectivity index (χ2n) is 8.90. The molecule has 1 fully saturated rings. The summed E-state index contributed by atoms with van der Waals surface area (Å²) in [6, 6.07) is 12.9. The van der Waals surface area contributed by atoms with Gasteiger partial charge >= 0.3 is 11.8 Å². The summed E-state index contributed by atoms with van der Waals surface area (Å²) in [5.74, 6) is -0.865. The molecular formula is C25H19F2N5O4S. The summed E-state index contributed by atoms with van der Waals surface area (Å²) in [6.45, 7) is 1.81. The molecule has 6 rings (SSSR count). The van der Waals surface area contributed by atoms with Crippen LogP contribution in [0.2, 0.25) is 0 Å². The molecule has 0 amide bonds. The van der Waals surface area contributed by atoms with Gasteiger partial charge in [-0.25, -0.2) is 18.1 Å². The number of H-pyrrole nitrogens is 1. The highest BCUT2D eigenvalue weighted by Gasteiger charge is 2.36. The van der Waals surface area contributed by atoms with E-state index in [9.17, 15) is 13.8 Å². The van der Waals surface area contributed by atoms with Gasteiger partial charge in [0.15, 0.2) is 29.6 Å². The third kappa shape index (κ3) is 4.07. The minimum absolute atomic E-state index is 0.0484. The number of nitrogens with zero attached hydrogens (tertiary/aromatic N) is 4. The van der Waals surface area contributed by atoms with Gasteiger partial charge in [-0.2, -0.15) is 4.98 Å². The molecule has 188 valence electrons. The van der Waals surface area contributed by atoms with Crippen LogP contribution >= 0.6 is 12.3 Å². The Labute approximate surface area is 212 Å². The van der Waals surface area contributed by atoms with Gasteiger partial charge in [0.25, 0.3) is 0 Å². The monoisotopic (exact) mass is 523 g/mol. The number of imidazole rings is 1. The van der Waals surface area contributed by atoms with Gasteiger partial charge in [-0.1, -0.05) is 35.5 Å². The average molecular weight is 524 g/mol. The van der Waals surface area contributed by atoms with Gasteiger partial charge in [0.1, 0.15) is 17.0 Å². The Morgan fingerprint density at radius 1 is 1.16 bits per heavy atom. The van der Waals surface area contributed by atoms with Crippen molar-refractivity contribution in [2.75, 3.05) is 0 Å². The highest BCUT2D eigenvalue weighted by Crippen LogP contribution is 2.41. The lowest BCUT2D eigenvalue weighted by molar-refractivity contribution is -0.0387. The second-order valence-corrected chi connectivity index (χ2v) is 9.41. The Kier molecular flexibility index (Phi) is 5.57. The highest BCUT2D eigenvalue weighted by molar-refractivity contribution is 7.93. The van der Waals surface area contributed by atoms with Crippen LogP contribution in [0, 0.1) is 12.7 Å². The third-order valence-corrected chi connectivity index (χ3v) is 7.08. The van der Waals surface area contributed by atoms with Gasteiger partial charge < -0.3 is 9.84 Å². The van der Waals surface area contributed by atoms with Crippen LogP contribution in [0.3, 0.4) is 0 Å². The molecule has 37 heavy (non-hydrogen) atoms. The second kappa shape index (κ2) is 8.82. The molecule has 0 radical (unpaired) electrons. The first-order chi connectivity index (χ1) is 17.8. The van der Waals surface area contributed by atoms with Crippen molar-refractivity contribution in [1.29, 1.82) is 0 Å². The molecular weight excluding hydrogens is 504 g/mol. The maximum Gasteiger partial charge on any atom is 0.439 e. The number of halogens is 2. The Morgan fingerprint density at radius 2 is 1.95 bits per heavy atom. The van der Waals surface area contributed by atoms with Crippen LogP contribution in [0.5, 0.6) is 11.8 Å². The summed E-state index contributed by atoms with van der Waals surface area (Å²) >= 11 is -0.198. The van der Waals surface area contributed by atoms with E-state index in [0.29, 0.717) is 24.0 Å². The zero-order chi connectivity index (χ0) is 25.7. The Bertz CT molecular complexity index is 1690. The van der Waals surface area contributed by atoms with Crippen molar-refractivity contribution in [3.63, 3.8) is 0 Å². The van der Waals surface area contributed by atoms with Gasteiger partial charge in [0, 0.05) is 17.2 Å². The van der Waals surface area contributed by atoms with Crippen LogP contribution in [0.15, 0.2) is 57.8 Å². The van der Waals surface area contributed by atoms with Crippen LogP contribution in [-0.4, -0.2) is 29.2 Å². The van der Waals surface area contributed by atoms with Crippen molar-refractivity contribution in [1.82, 2.24) is 24.1 Å². The summed E-state index contributed by atoms with van der Waals surface area (Å²) < 4.78 is 40.4. The van der Waals surface area contributed by atoms with Crippen molar-refractivity contribution in [2.24, 2.45) is 0 Å². The average Bonchev–Trinajstić information content (AvgIpc) is 3.45. The summed E-state index contributed by atoms with van der Waals surface area (Å²) in [5, 5.41) is 14.2. The van der Waals surface area contributed by atoms with Crippen molar-refractivity contribution in [3.05, 3.63) is 76.0 Å². The number of pyridine rings is 1. The van der Waals surface area contributed by atoms with Gasteiger partial charge in [-0.3, -0.25) is 9.51 Å².